The molecule has 1 aromatic heterocycles. The van der Waals surface area contributed by atoms with Crippen LogP contribution in [0.3, 0.4) is 0 Å². The largest absolute Gasteiger partial charge is 0.461 e. The van der Waals surface area contributed by atoms with Crippen LogP contribution in [0, 0.1) is 6.92 Å². The van der Waals surface area contributed by atoms with Gasteiger partial charge in [-0.1, -0.05) is 11.6 Å². The lowest BCUT2D eigenvalue weighted by Gasteiger charge is -2.16. The van der Waals surface area contributed by atoms with Crippen LogP contribution in [-0.2, 0) is 4.79 Å². The molecule has 2 rings (SSSR count). The molecule has 1 amide bonds. The van der Waals surface area contributed by atoms with E-state index in [2.05, 4.69) is 0 Å². The number of likely N-dealkylation sites (N-methyl/N-ethyl adjacent to an activating group) is 1. The van der Waals surface area contributed by atoms with Crippen LogP contribution in [0.15, 0.2) is 28.7 Å². The van der Waals surface area contributed by atoms with E-state index in [0.717, 1.165) is 27.9 Å². The lowest BCUT2D eigenvalue weighted by Crippen LogP contribution is -2.28. The standard InChI is InChI=1S/C17H20ClNO2/c1-5-19(6-2)16(20)9-11(3)17-12(4)21-15-8-7-13(18)10-14(15)17/h7-10H,5-6H2,1-4H3/b11-9+. The maximum Gasteiger partial charge on any atom is 0.246 e. The molecule has 21 heavy (non-hydrogen) atoms. The summed E-state index contributed by atoms with van der Waals surface area (Å²) in [5, 5.41) is 1.61. The van der Waals surface area contributed by atoms with E-state index >= 15 is 0 Å². The Kier molecular flexibility index (Phi) is 4.73. The van der Waals surface area contributed by atoms with Crippen LogP contribution >= 0.6 is 11.6 Å². The number of furan rings is 1. The highest BCUT2D eigenvalue weighted by Crippen LogP contribution is 2.32. The molecule has 0 bridgehead atoms. The van der Waals surface area contributed by atoms with Gasteiger partial charge >= 0.3 is 0 Å². The molecule has 0 unspecified atom stereocenters. The average molecular weight is 306 g/mol. The molecule has 0 aliphatic heterocycles. The van der Waals surface area contributed by atoms with Crippen LogP contribution in [0.25, 0.3) is 16.5 Å². The summed E-state index contributed by atoms with van der Waals surface area (Å²) in [5.74, 6) is 0.821. The molecule has 0 radical (unpaired) electrons. The van der Waals surface area contributed by atoms with Crippen molar-refractivity contribution in [3.05, 3.63) is 40.6 Å². The Morgan fingerprint density at radius 3 is 2.62 bits per heavy atom. The van der Waals surface area contributed by atoms with Crippen molar-refractivity contribution >= 4 is 34.1 Å². The molecule has 3 nitrogen and oxygen atoms in total. The van der Waals surface area contributed by atoms with E-state index in [9.17, 15) is 4.79 Å². The van der Waals surface area contributed by atoms with E-state index in [-0.39, 0.29) is 5.91 Å². The monoisotopic (exact) mass is 305 g/mol. The van der Waals surface area contributed by atoms with Crippen molar-refractivity contribution in [3.8, 4) is 0 Å². The fourth-order valence-electron chi connectivity index (χ4n) is 2.57. The number of hydrogen-bond acceptors (Lipinski definition) is 2. The second kappa shape index (κ2) is 6.35. The van der Waals surface area contributed by atoms with Crippen LogP contribution in [-0.4, -0.2) is 23.9 Å². The predicted molar refractivity (Wildman–Crippen MR) is 87.5 cm³/mol. The molecule has 0 saturated carbocycles. The van der Waals surface area contributed by atoms with E-state index in [4.69, 9.17) is 16.0 Å². The second-order valence-electron chi connectivity index (χ2n) is 5.01. The molecule has 1 heterocycles. The molecule has 0 saturated heterocycles. The van der Waals surface area contributed by atoms with Gasteiger partial charge in [0, 0.05) is 35.1 Å². The van der Waals surface area contributed by atoms with Gasteiger partial charge in [0.25, 0.3) is 0 Å². The lowest BCUT2D eigenvalue weighted by molar-refractivity contribution is -0.125. The fourth-order valence-corrected chi connectivity index (χ4v) is 2.74. The number of rotatable bonds is 4. The number of amides is 1. The molecular weight excluding hydrogens is 286 g/mol. The Labute approximate surface area is 130 Å². The van der Waals surface area contributed by atoms with Crippen molar-refractivity contribution in [1.29, 1.82) is 0 Å². The predicted octanol–water partition coefficient (Wildman–Crippen LogP) is 4.67. The summed E-state index contributed by atoms with van der Waals surface area (Å²) in [7, 11) is 0. The zero-order valence-electron chi connectivity index (χ0n) is 12.9. The Hall–Kier alpha value is -1.74. The van der Waals surface area contributed by atoms with Crippen molar-refractivity contribution in [1.82, 2.24) is 4.90 Å². The Morgan fingerprint density at radius 2 is 2.00 bits per heavy atom. The van der Waals surface area contributed by atoms with Gasteiger partial charge in [-0.15, -0.1) is 0 Å². The van der Waals surface area contributed by atoms with Crippen molar-refractivity contribution in [2.45, 2.75) is 27.7 Å². The maximum atomic E-state index is 12.2. The highest BCUT2D eigenvalue weighted by Gasteiger charge is 2.15. The smallest absolute Gasteiger partial charge is 0.246 e. The SMILES string of the molecule is CCN(CC)C(=O)/C=C(\C)c1c(C)oc2ccc(Cl)cc12. The quantitative estimate of drug-likeness (QED) is 0.769. The molecule has 4 heteroatoms. The van der Waals surface area contributed by atoms with Crippen LogP contribution in [0.1, 0.15) is 32.1 Å². The van der Waals surface area contributed by atoms with Gasteiger partial charge in [0.2, 0.25) is 5.91 Å². The topological polar surface area (TPSA) is 33.5 Å². The minimum atomic E-state index is 0.0216. The highest BCUT2D eigenvalue weighted by molar-refractivity contribution is 6.31. The minimum Gasteiger partial charge on any atom is -0.461 e. The average Bonchev–Trinajstić information content (AvgIpc) is 2.75. The Bertz CT molecular complexity index is 696. The maximum absolute atomic E-state index is 12.2. The van der Waals surface area contributed by atoms with Crippen molar-refractivity contribution in [2.24, 2.45) is 0 Å². The molecule has 0 spiro atoms. The third-order valence-corrected chi connectivity index (χ3v) is 3.87. The van der Waals surface area contributed by atoms with Gasteiger partial charge < -0.3 is 9.32 Å². The molecule has 2 aromatic rings. The normalized spacial score (nSPS) is 12.0. The van der Waals surface area contributed by atoms with Gasteiger partial charge in [0.15, 0.2) is 0 Å². The number of carbonyl (C=O) groups is 1. The third kappa shape index (κ3) is 3.13. The number of carbonyl (C=O) groups excluding carboxylic acids is 1. The van der Waals surface area contributed by atoms with Gasteiger partial charge in [-0.05, 0) is 51.5 Å². The number of hydrogen-bond donors (Lipinski definition) is 0. The number of aryl methyl sites for hydroxylation is 1. The molecular formula is C17H20ClNO2. The van der Waals surface area contributed by atoms with Crippen LogP contribution in [0.2, 0.25) is 5.02 Å². The van der Waals surface area contributed by atoms with Gasteiger partial charge in [0.1, 0.15) is 11.3 Å². The Balaban J connectivity index is 2.48. The van der Waals surface area contributed by atoms with Crippen LogP contribution in [0.4, 0.5) is 0 Å². The van der Waals surface area contributed by atoms with Crippen LogP contribution in [0.5, 0.6) is 0 Å². The molecule has 0 N–H and O–H groups in total. The van der Waals surface area contributed by atoms with E-state index in [1.54, 1.807) is 17.0 Å². The summed E-state index contributed by atoms with van der Waals surface area (Å²) in [6, 6.07) is 5.53. The van der Waals surface area contributed by atoms with Crippen molar-refractivity contribution in [3.63, 3.8) is 0 Å². The van der Waals surface area contributed by atoms with Gasteiger partial charge in [-0.25, -0.2) is 0 Å². The third-order valence-electron chi connectivity index (χ3n) is 3.64. The van der Waals surface area contributed by atoms with Crippen molar-refractivity contribution < 1.29 is 9.21 Å². The number of fused-ring (bicyclic) bond motifs is 1. The molecule has 0 aliphatic rings. The molecule has 0 atom stereocenters. The van der Waals surface area contributed by atoms with Gasteiger partial charge in [0.05, 0.1) is 0 Å². The number of nitrogens with zero attached hydrogens (tertiary/aromatic N) is 1. The summed E-state index contributed by atoms with van der Waals surface area (Å²) in [4.78, 5) is 14.0. The van der Waals surface area contributed by atoms with Gasteiger partial charge in [-0.2, -0.15) is 0 Å². The van der Waals surface area contributed by atoms with E-state index in [0.29, 0.717) is 18.1 Å². The van der Waals surface area contributed by atoms with Crippen LogP contribution < -0.4 is 0 Å². The molecule has 1 aromatic carbocycles. The highest BCUT2D eigenvalue weighted by atomic mass is 35.5. The summed E-state index contributed by atoms with van der Waals surface area (Å²) < 4.78 is 5.75. The zero-order valence-corrected chi connectivity index (χ0v) is 13.6. The van der Waals surface area contributed by atoms with E-state index in [1.165, 1.54) is 0 Å². The summed E-state index contributed by atoms with van der Waals surface area (Å²) in [6.07, 6.45) is 1.67. The fraction of sp³-hybridized carbons (Fsp3) is 0.353. The van der Waals surface area contributed by atoms with E-state index < -0.39 is 0 Å². The van der Waals surface area contributed by atoms with Crippen molar-refractivity contribution in [2.75, 3.05) is 13.1 Å². The molecule has 0 aliphatic carbocycles. The lowest BCUT2D eigenvalue weighted by atomic mass is 10.0. The molecule has 112 valence electrons. The van der Waals surface area contributed by atoms with Gasteiger partial charge in [-0.3, -0.25) is 4.79 Å². The number of benzene rings is 1. The Morgan fingerprint density at radius 1 is 1.33 bits per heavy atom. The second-order valence-corrected chi connectivity index (χ2v) is 5.45. The number of allylic oxidation sites excluding steroid dienone is 1. The van der Waals surface area contributed by atoms with E-state index in [1.807, 2.05) is 39.8 Å². The zero-order chi connectivity index (χ0) is 15.6. The first kappa shape index (κ1) is 15.6. The summed E-state index contributed by atoms with van der Waals surface area (Å²) in [6.45, 7) is 9.19. The first-order chi connectivity index (χ1) is 9.97. The first-order valence-corrected chi connectivity index (χ1v) is 7.51. The molecule has 0 fully saturated rings. The first-order valence-electron chi connectivity index (χ1n) is 7.14. The minimum absolute atomic E-state index is 0.0216. The summed E-state index contributed by atoms with van der Waals surface area (Å²) >= 11 is 6.07. The number of halogens is 1. The summed E-state index contributed by atoms with van der Waals surface area (Å²) in [5.41, 5.74) is 2.63.